The molecule has 0 aliphatic heterocycles. The Morgan fingerprint density at radius 2 is 1.94 bits per heavy atom. The lowest BCUT2D eigenvalue weighted by Gasteiger charge is -2.15. The average molecular weight is 545 g/mol. The van der Waals surface area contributed by atoms with Crippen molar-refractivity contribution in [2.45, 2.75) is 13.5 Å². The Balaban J connectivity index is 1.82. The summed E-state index contributed by atoms with van der Waals surface area (Å²) in [6.45, 7) is 2.01. The third-order valence-corrected chi connectivity index (χ3v) is 6.02. The van der Waals surface area contributed by atoms with E-state index in [-0.39, 0.29) is 12.1 Å². The van der Waals surface area contributed by atoms with Gasteiger partial charge in [0.1, 0.15) is 28.2 Å². The lowest BCUT2D eigenvalue weighted by molar-refractivity contribution is 0.644. The second-order valence-corrected chi connectivity index (χ2v) is 8.28. The number of rotatable bonds is 3. The van der Waals surface area contributed by atoms with Crippen LogP contribution in [0, 0.1) is 10.6 Å². The topological polar surface area (TPSA) is 117 Å². The number of nitrogens with two attached hydrogens (primary N) is 1. The van der Waals surface area contributed by atoms with Gasteiger partial charge in [0.2, 0.25) is 0 Å². The molecule has 154 valence electrons. The zero-order valence-corrected chi connectivity index (χ0v) is 19.0. The van der Waals surface area contributed by atoms with Crippen molar-refractivity contribution in [3.8, 4) is 5.69 Å². The van der Waals surface area contributed by atoms with E-state index in [4.69, 9.17) is 22.3 Å². The van der Waals surface area contributed by atoms with E-state index in [9.17, 15) is 4.79 Å². The number of halogens is 2. The molecule has 0 aliphatic carbocycles. The number of benzene rings is 1. The van der Waals surface area contributed by atoms with Crippen molar-refractivity contribution in [3.63, 3.8) is 0 Å². The van der Waals surface area contributed by atoms with Crippen molar-refractivity contribution in [2.24, 2.45) is 0 Å². The highest BCUT2D eigenvalue weighted by molar-refractivity contribution is 14.1. The van der Waals surface area contributed by atoms with Crippen molar-refractivity contribution in [1.82, 2.24) is 34.3 Å². The monoisotopic (exact) mass is 544 g/mol. The van der Waals surface area contributed by atoms with Crippen LogP contribution in [0.5, 0.6) is 0 Å². The molecule has 0 unspecified atom stereocenters. The summed E-state index contributed by atoms with van der Waals surface area (Å²) < 4.78 is 3.81. The smallest absolute Gasteiger partial charge is 0.267 e. The van der Waals surface area contributed by atoms with Gasteiger partial charge in [0.25, 0.3) is 5.56 Å². The Morgan fingerprint density at radius 3 is 2.74 bits per heavy atom. The Hall–Kier alpha value is -3.12. The molecule has 0 saturated carbocycles. The number of pyridine rings is 1. The molecule has 4 aromatic heterocycles. The molecule has 5 rings (SSSR count). The number of aryl methyl sites for hydroxylation is 1. The predicted molar refractivity (Wildman–Crippen MR) is 126 cm³/mol. The van der Waals surface area contributed by atoms with E-state index < -0.39 is 0 Å². The van der Waals surface area contributed by atoms with E-state index in [0.717, 1.165) is 5.56 Å². The summed E-state index contributed by atoms with van der Waals surface area (Å²) in [5.74, 6) is 0.759. The molecule has 0 aliphatic rings. The summed E-state index contributed by atoms with van der Waals surface area (Å²) in [5.41, 5.74) is 7.99. The maximum absolute atomic E-state index is 13.6. The molecule has 0 spiro atoms. The van der Waals surface area contributed by atoms with E-state index in [2.05, 4.69) is 42.6 Å². The quantitative estimate of drug-likeness (QED) is 0.347. The lowest BCUT2D eigenvalue weighted by atomic mass is 10.2. The Labute approximate surface area is 194 Å². The summed E-state index contributed by atoms with van der Waals surface area (Å²) in [6, 6.07) is 8.91. The van der Waals surface area contributed by atoms with Crippen LogP contribution in [0.3, 0.4) is 0 Å². The zero-order chi connectivity index (χ0) is 21.7. The first kappa shape index (κ1) is 19.8. The van der Waals surface area contributed by atoms with Gasteiger partial charge in [-0.15, -0.1) is 0 Å². The predicted octanol–water partition coefficient (Wildman–Crippen LogP) is 3.12. The molecule has 0 radical (unpaired) electrons. The van der Waals surface area contributed by atoms with Crippen LogP contribution in [0.2, 0.25) is 5.02 Å². The number of aromatic nitrogens is 7. The molecule has 0 bridgehead atoms. The van der Waals surface area contributed by atoms with Gasteiger partial charge in [-0.25, -0.2) is 24.6 Å². The highest BCUT2D eigenvalue weighted by Crippen LogP contribution is 2.25. The molecular formula is C20H14ClIN8O. The van der Waals surface area contributed by atoms with Gasteiger partial charge in [-0.2, -0.15) is 5.10 Å². The molecule has 0 atom stereocenters. The standard InChI is InChI=1S/C20H14ClIN8O/c1-10-6-7-24-18-14(10)20(31)30(12-5-3-2-4-11(12)21)13(27-18)8-29-19-15(16(22)28-29)17(23)25-9-26-19/h2-7,9H,8H2,1H3,(H2,23,25,26). The van der Waals surface area contributed by atoms with Gasteiger partial charge in [-0.3, -0.25) is 9.36 Å². The minimum Gasteiger partial charge on any atom is -0.383 e. The van der Waals surface area contributed by atoms with E-state index >= 15 is 0 Å². The van der Waals surface area contributed by atoms with Crippen LogP contribution in [0.1, 0.15) is 11.4 Å². The summed E-state index contributed by atoms with van der Waals surface area (Å²) in [6.07, 6.45) is 3.01. The fourth-order valence-corrected chi connectivity index (χ4v) is 4.51. The molecule has 2 N–H and O–H groups in total. The number of para-hydroxylation sites is 1. The van der Waals surface area contributed by atoms with Gasteiger partial charge in [-0.1, -0.05) is 23.7 Å². The number of hydrogen-bond acceptors (Lipinski definition) is 7. The molecule has 11 heteroatoms. The van der Waals surface area contributed by atoms with Crippen LogP contribution < -0.4 is 11.3 Å². The summed E-state index contributed by atoms with van der Waals surface area (Å²) in [7, 11) is 0. The molecule has 0 saturated heterocycles. The normalized spacial score (nSPS) is 11.5. The maximum atomic E-state index is 13.6. The lowest BCUT2D eigenvalue weighted by Crippen LogP contribution is -2.26. The zero-order valence-electron chi connectivity index (χ0n) is 16.1. The van der Waals surface area contributed by atoms with Gasteiger partial charge in [0.05, 0.1) is 21.5 Å². The largest absolute Gasteiger partial charge is 0.383 e. The number of nitrogen functional groups attached to an aromatic ring is 1. The van der Waals surface area contributed by atoms with Crippen LogP contribution >= 0.6 is 34.2 Å². The fraction of sp³-hybridized carbons (Fsp3) is 0.100. The molecule has 0 fully saturated rings. The van der Waals surface area contributed by atoms with Crippen LogP contribution in [-0.4, -0.2) is 34.3 Å². The minimum absolute atomic E-state index is 0.155. The summed E-state index contributed by atoms with van der Waals surface area (Å²) >= 11 is 8.54. The Morgan fingerprint density at radius 1 is 1.13 bits per heavy atom. The molecule has 31 heavy (non-hydrogen) atoms. The molecule has 5 aromatic rings. The second kappa shape index (κ2) is 7.54. The average Bonchev–Trinajstić information content (AvgIpc) is 3.05. The molecule has 1 aromatic carbocycles. The summed E-state index contributed by atoms with van der Waals surface area (Å²) in [5, 5.41) is 6.07. The third-order valence-electron chi connectivity index (χ3n) is 4.95. The summed E-state index contributed by atoms with van der Waals surface area (Å²) in [4.78, 5) is 31.0. The number of nitrogens with zero attached hydrogens (tertiary/aromatic N) is 7. The second-order valence-electron chi connectivity index (χ2n) is 6.85. The van der Waals surface area contributed by atoms with E-state index in [1.54, 1.807) is 35.1 Å². The number of fused-ring (bicyclic) bond motifs is 2. The molecule has 0 amide bonds. The molecule has 9 nitrogen and oxygen atoms in total. The van der Waals surface area contributed by atoms with Crippen LogP contribution in [0.25, 0.3) is 27.8 Å². The number of hydrogen-bond donors (Lipinski definition) is 1. The fourth-order valence-electron chi connectivity index (χ4n) is 3.51. The third kappa shape index (κ3) is 3.22. The van der Waals surface area contributed by atoms with Crippen LogP contribution in [0.4, 0.5) is 5.82 Å². The van der Waals surface area contributed by atoms with E-state index in [1.165, 1.54) is 10.9 Å². The minimum atomic E-state index is -0.251. The van der Waals surface area contributed by atoms with Gasteiger partial charge in [-0.05, 0) is 53.3 Å². The van der Waals surface area contributed by atoms with Crippen molar-refractivity contribution in [1.29, 1.82) is 0 Å². The van der Waals surface area contributed by atoms with Crippen LogP contribution in [0.15, 0.2) is 47.7 Å². The number of anilines is 1. The van der Waals surface area contributed by atoms with E-state index in [1.807, 2.05) is 13.0 Å². The maximum Gasteiger partial charge on any atom is 0.267 e. The highest BCUT2D eigenvalue weighted by atomic mass is 127. The van der Waals surface area contributed by atoms with Crippen molar-refractivity contribution in [3.05, 3.63) is 73.3 Å². The molecular weight excluding hydrogens is 531 g/mol. The van der Waals surface area contributed by atoms with E-state index in [0.29, 0.717) is 48.1 Å². The van der Waals surface area contributed by atoms with Crippen molar-refractivity contribution >= 4 is 62.1 Å². The molecule has 4 heterocycles. The first-order valence-electron chi connectivity index (χ1n) is 9.20. The van der Waals surface area contributed by atoms with Gasteiger partial charge in [0.15, 0.2) is 11.3 Å². The Kier molecular flexibility index (Phi) is 4.82. The van der Waals surface area contributed by atoms with Gasteiger partial charge >= 0.3 is 0 Å². The Bertz CT molecular complexity index is 1540. The first-order chi connectivity index (χ1) is 15.0. The SMILES string of the molecule is Cc1ccnc2nc(Cn3nc(I)c4c(N)ncnc43)n(-c3ccccc3Cl)c(=O)c12. The van der Waals surface area contributed by atoms with Gasteiger partial charge < -0.3 is 5.73 Å². The van der Waals surface area contributed by atoms with Gasteiger partial charge in [0, 0.05) is 6.20 Å². The first-order valence-corrected chi connectivity index (χ1v) is 10.7. The highest BCUT2D eigenvalue weighted by Gasteiger charge is 2.20. The van der Waals surface area contributed by atoms with Crippen LogP contribution in [-0.2, 0) is 6.54 Å². The van der Waals surface area contributed by atoms with Crippen molar-refractivity contribution in [2.75, 3.05) is 5.73 Å². The van der Waals surface area contributed by atoms with Crippen molar-refractivity contribution < 1.29 is 0 Å².